The molecule has 2 aromatic rings. The van der Waals surface area contributed by atoms with Crippen LogP contribution in [0.15, 0.2) is 35.1 Å². The normalized spacial score (nSPS) is 24.4. The maximum absolute atomic E-state index is 12.4. The number of aromatic nitrogens is 1. The predicted octanol–water partition coefficient (Wildman–Crippen LogP) is 1.45. The number of piperidine rings is 1. The molecular weight excluding hydrogens is 344 g/mol. The smallest absolute Gasteiger partial charge is 0.304 e. The number of para-hydroxylation sites is 1. The number of pyridine rings is 1. The number of nitrogens with zero attached hydrogens (tertiary/aromatic N) is 1. The van der Waals surface area contributed by atoms with Crippen LogP contribution in [0.1, 0.15) is 31.2 Å². The minimum absolute atomic E-state index is 0.00556. The van der Waals surface area contributed by atoms with Gasteiger partial charge in [-0.15, -0.1) is 0 Å². The van der Waals surface area contributed by atoms with Gasteiger partial charge in [-0.2, -0.15) is 0 Å². The molecule has 144 valence electrons. The molecule has 1 aromatic heterocycles. The number of hydrazine groups is 1. The van der Waals surface area contributed by atoms with Crippen molar-refractivity contribution in [1.29, 1.82) is 0 Å². The molecule has 3 heterocycles. The molecule has 0 aliphatic carbocycles. The van der Waals surface area contributed by atoms with Gasteiger partial charge in [-0.25, -0.2) is 0 Å². The van der Waals surface area contributed by atoms with Crippen molar-refractivity contribution in [1.82, 2.24) is 20.7 Å². The van der Waals surface area contributed by atoms with Gasteiger partial charge in [0.05, 0.1) is 6.42 Å². The largest absolute Gasteiger partial charge is 0.481 e. The molecule has 0 amide bonds. The number of benzene rings is 1. The van der Waals surface area contributed by atoms with Gasteiger partial charge in [0.1, 0.15) is 0 Å². The van der Waals surface area contributed by atoms with Crippen LogP contribution in [0.25, 0.3) is 10.9 Å². The van der Waals surface area contributed by atoms with Gasteiger partial charge >= 0.3 is 5.97 Å². The van der Waals surface area contributed by atoms with E-state index in [0.717, 1.165) is 48.8 Å². The maximum atomic E-state index is 12.4. The summed E-state index contributed by atoms with van der Waals surface area (Å²) in [5.41, 5.74) is 8.09. The first-order valence-electron chi connectivity index (χ1n) is 9.64. The fourth-order valence-corrected chi connectivity index (χ4v) is 4.37. The lowest BCUT2D eigenvalue weighted by molar-refractivity contribution is -0.137. The van der Waals surface area contributed by atoms with E-state index in [1.807, 2.05) is 30.3 Å². The van der Waals surface area contributed by atoms with Gasteiger partial charge in [0.15, 0.2) is 0 Å². The van der Waals surface area contributed by atoms with Crippen molar-refractivity contribution < 1.29 is 9.90 Å². The van der Waals surface area contributed by atoms with Gasteiger partial charge in [0, 0.05) is 29.7 Å². The Hall–Kier alpha value is -2.22. The van der Waals surface area contributed by atoms with E-state index in [0.29, 0.717) is 18.5 Å². The minimum atomic E-state index is -0.759. The molecule has 27 heavy (non-hydrogen) atoms. The summed E-state index contributed by atoms with van der Waals surface area (Å²) in [5, 5.41) is 9.99. The number of hydrogen-bond donors (Lipinski definition) is 4. The van der Waals surface area contributed by atoms with E-state index >= 15 is 0 Å². The Labute approximate surface area is 157 Å². The van der Waals surface area contributed by atoms with Gasteiger partial charge in [-0.1, -0.05) is 18.2 Å². The van der Waals surface area contributed by atoms with Crippen LogP contribution in [0.3, 0.4) is 0 Å². The average molecular weight is 370 g/mol. The highest BCUT2D eigenvalue weighted by Gasteiger charge is 2.33. The Morgan fingerprint density at radius 1 is 1.19 bits per heavy atom. The summed E-state index contributed by atoms with van der Waals surface area (Å²) in [6.07, 6.45) is 3.14. The third kappa shape index (κ3) is 4.21. The number of rotatable bonds is 5. The maximum Gasteiger partial charge on any atom is 0.304 e. The van der Waals surface area contributed by atoms with Crippen molar-refractivity contribution in [2.24, 2.45) is 5.92 Å². The molecule has 7 nitrogen and oxygen atoms in total. The number of carbonyl (C=O) groups is 1. The molecule has 2 atom stereocenters. The van der Waals surface area contributed by atoms with Gasteiger partial charge in [0.2, 0.25) is 0 Å². The van der Waals surface area contributed by atoms with Crippen LogP contribution in [0.2, 0.25) is 0 Å². The Morgan fingerprint density at radius 3 is 2.74 bits per heavy atom. The summed E-state index contributed by atoms with van der Waals surface area (Å²) in [4.78, 5) is 28.5. The number of fused-ring (bicyclic) bond motifs is 1. The van der Waals surface area contributed by atoms with Crippen LogP contribution in [-0.4, -0.2) is 46.1 Å². The van der Waals surface area contributed by atoms with Crippen LogP contribution in [0.4, 0.5) is 0 Å². The molecule has 0 spiro atoms. The van der Waals surface area contributed by atoms with Crippen molar-refractivity contribution >= 4 is 16.9 Å². The summed E-state index contributed by atoms with van der Waals surface area (Å²) in [7, 11) is 0. The average Bonchev–Trinajstić information content (AvgIpc) is 3.10. The van der Waals surface area contributed by atoms with Crippen molar-refractivity contribution in [2.45, 2.75) is 44.3 Å². The van der Waals surface area contributed by atoms with Crippen LogP contribution in [-0.2, 0) is 11.3 Å². The molecule has 7 heteroatoms. The SMILES string of the molecule is O=C(O)CC1CC(C2CCN(Cc3cc4ccccc4[nH]c3=O)CC2)NN1. The zero-order valence-electron chi connectivity index (χ0n) is 15.3. The lowest BCUT2D eigenvalue weighted by Crippen LogP contribution is -2.43. The molecular formula is C20H26N4O3. The highest BCUT2D eigenvalue weighted by molar-refractivity contribution is 5.78. The van der Waals surface area contributed by atoms with Gasteiger partial charge in [-0.3, -0.25) is 25.3 Å². The molecule has 0 radical (unpaired) electrons. The third-order valence-electron chi connectivity index (χ3n) is 5.86. The third-order valence-corrected chi connectivity index (χ3v) is 5.86. The Bertz CT molecular complexity index is 873. The molecule has 0 bridgehead atoms. The highest BCUT2D eigenvalue weighted by atomic mass is 16.4. The lowest BCUT2D eigenvalue weighted by Gasteiger charge is -2.34. The van der Waals surface area contributed by atoms with Crippen molar-refractivity contribution in [3.05, 3.63) is 46.2 Å². The first kappa shape index (κ1) is 18.2. The summed E-state index contributed by atoms with van der Waals surface area (Å²) >= 11 is 0. The number of carboxylic acids is 1. The molecule has 4 N–H and O–H groups in total. The first-order valence-corrected chi connectivity index (χ1v) is 9.64. The van der Waals surface area contributed by atoms with E-state index in [4.69, 9.17) is 5.11 Å². The quantitative estimate of drug-likeness (QED) is 0.636. The molecule has 2 saturated heterocycles. The molecule has 2 aliphatic rings. The Balaban J connectivity index is 1.33. The van der Waals surface area contributed by atoms with E-state index in [1.54, 1.807) is 0 Å². The Morgan fingerprint density at radius 2 is 1.96 bits per heavy atom. The van der Waals surface area contributed by atoms with Crippen LogP contribution in [0, 0.1) is 5.92 Å². The number of aromatic amines is 1. The van der Waals surface area contributed by atoms with Gasteiger partial charge in [-0.05, 0) is 55.8 Å². The van der Waals surface area contributed by atoms with E-state index in [2.05, 4.69) is 20.7 Å². The number of H-pyrrole nitrogens is 1. The molecule has 2 fully saturated rings. The second-order valence-electron chi connectivity index (χ2n) is 7.75. The lowest BCUT2D eigenvalue weighted by atomic mass is 9.87. The molecule has 4 rings (SSSR count). The molecule has 1 aromatic carbocycles. The van der Waals surface area contributed by atoms with Crippen molar-refractivity contribution in [3.63, 3.8) is 0 Å². The highest BCUT2D eigenvalue weighted by Crippen LogP contribution is 2.26. The number of likely N-dealkylation sites (tertiary alicyclic amines) is 1. The number of aliphatic carboxylic acids is 1. The fraction of sp³-hybridized carbons (Fsp3) is 0.500. The zero-order valence-corrected chi connectivity index (χ0v) is 15.3. The van der Waals surface area contributed by atoms with E-state index in [1.165, 1.54) is 0 Å². The Kier molecular flexibility index (Phi) is 5.24. The number of hydrogen-bond acceptors (Lipinski definition) is 5. The first-order chi connectivity index (χ1) is 13.1. The summed E-state index contributed by atoms with van der Waals surface area (Å²) in [6, 6.07) is 10.2. The molecule has 2 unspecified atom stereocenters. The van der Waals surface area contributed by atoms with Crippen LogP contribution in [0.5, 0.6) is 0 Å². The predicted molar refractivity (Wildman–Crippen MR) is 103 cm³/mol. The second kappa shape index (κ2) is 7.80. The second-order valence-corrected chi connectivity index (χ2v) is 7.75. The van der Waals surface area contributed by atoms with Crippen LogP contribution >= 0.6 is 0 Å². The van der Waals surface area contributed by atoms with E-state index in [-0.39, 0.29) is 18.0 Å². The van der Waals surface area contributed by atoms with E-state index in [9.17, 15) is 9.59 Å². The van der Waals surface area contributed by atoms with Crippen molar-refractivity contribution in [3.8, 4) is 0 Å². The summed E-state index contributed by atoms with van der Waals surface area (Å²) < 4.78 is 0. The zero-order chi connectivity index (χ0) is 18.8. The summed E-state index contributed by atoms with van der Waals surface area (Å²) in [5.74, 6) is -0.215. The van der Waals surface area contributed by atoms with E-state index < -0.39 is 5.97 Å². The minimum Gasteiger partial charge on any atom is -0.481 e. The number of carboxylic acid groups (broad SMARTS) is 1. The van der Waals surface area contributed by atoms with Gasteiger partial charge in [0.25, 0.3) is 5.56 Å². The summed E-state index contributed by atoms with van der Waals surface area (Å²) in [6.45, 7) is 2.59. The number of nitrogens with one attached hydrogen (secondary N) is 3. The monoisotopic (exact) mass is 370 g/mol. The van der Waals surface area contributed by atoms with Crippen LogP contribution < -0.4 is 16.4 Å². The molecule has 0 saturated carbocycles. The standard InChI is InChI=1S/C20H26N4O3/c25-19(26)11-16-10-18(23-22-16)13-5-7-24(8-6-13)12-15-9-14-3-1-2-4-17(14)21-20(15)27/h1-4,9,13,16,18,22-23H,5-8,10-12H2,(H,21,27)(H,25,26). The van der Waals surface area contributed by atoms with Gasteiger partial charge < -0.3 is 10.1 Å². The topological polar surface area (TPSA) is 97.5 Å². The fourth-order valence-electron chi connectivity index (χ4n) is 4.37. The molecule has 2 aliphatic heterocycles. The van der Waals surface area contributed by atoms with Crippen molar-refractivity contribution in [2.75, 3.05) is 13.1 Å².